The number of hydrogen-bond acceptors (Lipinski definition) is 7. The number of nitrogens with zero attached hydrogens (tertiary/aromatic N) is 7. The van der Waals surface area contributed by atoms with Crippen molar-refractivity contribution in [2.75, 3.05) is 47.8 Å². The molecule has 0 atom stereocenters. The van der Waals surface area contributed by atoms with Gasteiger partial charge in [-0.2, -0.15) is 0 Å². The molecule has 0 amide bonds. The van der Waals surface area contributed by atoms with Crippen LogP contribution in [0.1, 0.15) is 0 Å². The summed E-state index contributed by atoms with van der Waals surface area (Å²) in [6, 6.07) is 23.7. The molecule has 5 rings (SSSR count). The highest BCUT2D eigenvalue weighted by molar-refractivity contribution is 6.36. The van der Waals surface area contributed by atoms with E-state index < -0.39 is 0 Å². The van der Waals surface area contributed by atoms with E-state index in [1.54, 1.807) is 0 Å². The minimum atomic E-state index is 0.627. The van der Waals surface area contributed by atoms with Gasteiger partial charge in [0.15, 0.2) is 0 Å². The van der Waals surface area contributed by atoms with E-state index in [9.17, 15) is 0 Å². The lowest BCUT2D eigenvalue weighted by Crippen LogP contribution is -2.20. The van der Waals surface area contributed by atoms with Gasteiger partial charge in [-0.3, -0.25) is 0 Å². The SMILES string of the molecule is CN1c2cccc(n2)N(C)c2cccc(n2)N(C)c2cccc(c2Cl)N(C)c2cccc1n2. The first-order valence-corrected chi connectivity index (χ1v) is 11.0. The molecule has 1 aromatic carbocycles. The van der Waals surface area contributed by atoms with E-state index in [1.807, 2.05) is 121 Å². The van der Waals surface area contributed by atoms with Gasteiger partial charge >= 0.3 is 0 Å². The van der Waals surface area contributed by atoms with Crippen LogP contribution in [0.4, 0.5) is 46.3 Å². The van der Waals surface area contributed by atoms with Gasteiger partial charge in [0.2, 0.25) is 0 Å². The Morgan fingerprint density at radius 2 is 0.727 bits per heavy atom. The number of halogens is 1. The molecule has 1 aliphatic heterocycles. The third-order valence-corrected chi connectivity index (χ3v) is 6.29. The first-order valence-electron chi connectivity index (χ1n) is 10.6. The van der Waals surface area contributed by atoms with E-state index in [-0.39, 0.29) is 0 Å². The summed E-state index contributed by atoms with van der Waals surface area (Å²) >= 11 is 6.92. The second kappa shape index (κ2) is 8.26. The molecule has 1 aliphatic rings. The number of rotatable bonds is 0. The molecular formula is C25H24ClN7. The second-order valence-corrected chi connectivity index (χ2v) is 8.29. The van der Waals surface area contributed by atoms with E-state index >= 15 is 0 Å². The molecule has 3 aromatic heterocycles. The van der Waals surface area contributed by atoms with Crippen LogP contribution in [-0.2, 0) is 0 Å². The molecule has 4 heterocycles. The maximum atomic E-state index is 6.92. The van der Waals surface area contributed by atoms with Crippen molar-refractivity contribution in [2.45, 2.75) is 0 Å². The number of pyridine rings is 3. The van der Waals surface area contributed by atoms with Crippen LogP contribution in [0, 0.1) is 0 Å². The van der Waals surface area contributed by atoms with Gasteiger partial charge < -0.3 is 19.6 Å². The summed E-state index contributed by atoms with van der Waals surface area (Å²) in [5.74, 6) is 4.69. The molecule has 7 nitrogen and oxygen atoms in total. The Morgan fingerprint density at radius 3 is 1.06 bits per heavy atom. The van der Waals surface area contributed by atoms with Gasteiger partial charge in [0.1, 0.15) is 34.9 Å². The van der Waals surface area contributed by atoms with Crippen molar-refractivity contribution >= 4 is 57.9 Å². The normalized spacial score (nSPS) is 13.4. The van der Waals surface area contributed by atoms with E-state index in [4.69, 9.17) is 26.6 Å². The zero-order valence-corrected chi connectivity index (χ0v) is 19.7. The highest BCUT2D eigenvalue weighted by Gasteiger charge is 2.19. The molecule has 8 bridgehead atoms. The second-order valence-electron chi connectivity index (χ2n) is 7.91. The van der Waals surface area contributed by atoms with Crippen LogP contribution in [0.3, 0.4) is 0 Å². The lowest BCUT2D eigenvalue weighted by Gasteiger charge is -2.27. The molecule has 0 unspecified atom stereocenters. The van der Waals surface area contributed by atoms with Crippen LogP contribution < -0.4 is 19.6 Å². The lowest BCUT2D eigenvalue weighted by molar-refractivity contribution is 1.02. The van der Waals surface area contributed by atoms with Gasteiger partial charge in [-0.1, -0.05) is 35.9 Å². The molecule has 0 spiro atoms. The molecule has 0 radical (unpaired) electrons. The average molecular weight is 458 g/mol. The van der Waals surface area contributed by atoms with Crippen molar-refractivity contribution in [3.05, 3.63) is 77.8 Å². The number of aromatic nitrogens is 3. The standard InChI is InChI=1S/C25H24ClN7/c1-30-17-9-5-10-18(25(17)26)31(2)20-12-7-14-22(28-20)33(4)24-16-8-15-23(29-24)32(3)21-13-6-11-19(30)27-21/h5-16H,1-4H3. The molecule has 33 heavy (non-hydrogen) atoms. The van der Waals surface area contributed by atoms with Crippen LogP contribution in [0.5, 0.6) is 0 Å². The van der Waals surface area contributed by atoms with Gasteiger partial charge in [-0.15, -0.1) is 0 Å². The number of fused-ring (bicyclic) bond motifs is 8. The summed E-state index contributed by atoms with van der Waals surface area (Å²) in [4.78, 5) is 22.6. The molecule has 0 saturated carbocycles. The van der Waals surface area contributed by atoms with E-state index in [0.717, 1.165) is 46.3 Å². The molecule has 8 heteroatoms. The number of hydrogen-bond donors (Lipinski definition) is 0. The molecule has 0 saturated heterocycles. The predicted molar refractivity (Wildman–Crippen MR) is 136 cm³/mol. The Morgan fingerprint density at radius 1 is 0.455 bits per heavy atom. The van der Waals surface area contributed by atoms with Crippen molar-refractivity contribution in [3.63, 3.8) is 0 Å². The Hall–Kier alpha value is -3.84. The van der Waals surface area contributed by atoms with Gasteiger partial charge in [0.05, 0.1) is 16.4 Å². The highest BCUT2D eigenvalue weighted by Crippen LogP contribution is 2.39. The average Bonchev–Trinajstić information content (AvgIpc) is 2.87. The molecule has 0 N–H and O–H groups in total. The molecule has 166 valence electrons. The Labute approximate surface area is 198 Å². The van der Waals surface area contributed by atoms with E-state index in [2.05, 4.69) is 0 Å². The van der Waals surface area contributed by atoms with Crippen LogP contribution in [0.2, 0.25) is 5.02 Å². The summed E-state index contributed by atoms with van der Waals surface area (Å²) in [6.45, 7) is 0. The topological polar surface area (TPSA) is 51.6 Å². The summed E-state index contributed by atoms with van der Waals surface area (Å²) in [6.07, 6.45) is 0. The predicted octanol–water partition coefficient (Wildman–Crippen LogP) is 5.91. The Balaban J connectivity index is 1.75. The summed E-state index contributed by atoms with van der Waals surface area (Å²) in [5.41, 5.74) is 1.71. The first-order chi connectivity index (χ1) is 15.9. The molecule has 0 fully saturated rings. The maximum Gasteiger partial charge on any atom is 0.136 e. The van der Waals surface area contributed by atoms with Crippen molar-refractivity contribution < 1.29 is 0 Å². The first kappa shape index (κ1) is 21.0. The Bertz CT molecular complexity index is 1230. The van der Waals surface area contributed by atoms with Gasteiger partial charge in [0, 0.05) is 28.2 Å². The summed E-state index contributed by atoms with van der Waals surface area (Å²) < 4.78 is 0. The van der Waals surface area contributed by atoms with Crippen LogP contribution >= 0.6 is 11.6 Å². The largest absolute Gasteiger partial charge is 0.328 e. The quantitative estimate of drug-likeness (QED) is 0.325. The van der Waals surface area contributed by atoms with Crippen LogP contribution in [0.15, 0.2) is 72.8 Å². The smallest absolute Gasteiger partial charge is 0.136 e. The summed E-state index contributed by atoms with van der Waals surface area (Å²) in [7, 11) is 7.85. The number of anilines is 8. The van der Waals surface area contributed by atoms with Gasteiger partial charge in [-0.05, 0) is 48.5 Å². The van der Waals surface area contributed by atoms with Crippen LogP contribution in [-0.4, -0.2) is 43.1 Å². The fourth-order valence-corrected chi connectivity index (χ4v) is 4.24. The molecule has 0 aliphatic carbocycles. The minimum absolute atomic E-state index is 0.627. The molecule has 4 aromatic rings. The van der Waals surface area contributed by atoms with Gasteiger partial charge in [-0.25, -0.2) is 15.0 Å². The highest BCUT2D eigenvalue weighted by atomic mass is 35.5. The minimum Gasteiger partial charge on any atom is -0.328 e. The van der Waals surface area contributed by atoms with E-state index in [0.29, 0.717) is 5.02 Å². The van der Waals surface area contributed by atoms with Crippen molar-refractivity contribution in [1.29, 1.82) is 0 Å². The number of benzene rings is 1. The monoisotopic (exact) mass is 457 g/mol. The van der Waals surface area contributed by atoms with Crippen LogP contribution in [0.25, 0.3) is 0 Å². The van der Waals surface area contributed by atoms with Crippen molar-refractivity contribution in [2.24, 2.45) is 0 Å². The molecular weight excluding hydrogens is 434 g/mol. The van der Waals surface area contributed by atoms with Gasteiger partial charge in [0.25, 0.3) is 0 Å². The van der Waals surface area contributed by atoms with Crippen molar-refractivity contribution in [3.8, 4) is 0 Å². The van der Waals surface area contributed by atoms with E-state index in [1.165, 1.54) is 0 Å². The Kier molecular flexibility index (Phi) is 5.26. The maximum absolute atomic E-state index is 6.92. The fourth-order valence-electron chi connectivity index (χ4n) is 3.86. The lowest BCUT2D eigenvalue weighted by atomic mass is 10.2. The zero-order valence-electron chi connectivity index (χ0n) is 18.9. The zero-order chi connectivity index (χ0) is 23.1. The third-order valence-electron chi connectivity index (χ3n) is 5.90. The third kappa shape index (κ3) is 3.70. The van der Waals surface area contributed by atoms with Crippen molar-refractivity contribution in [1.82, 2.24) is 15.0 Å². The fraction of sp³-hybridized carbons (Fsp3) is 0.160. The summed E-state index contributed by atoms with van der Waals surface area (Å²) in [5, 5.41) is 0.627.